The third-order valence-corrected chi connectivity index (χ3v) is 6.76. The molecule has 170 valence electrons. The van der Waals surface area contributed by atoms with Crippen molar-refractivity contribution >= 4 is 11.6 Å². The lowest BCUT2D eigenvalue weighted by atomic mass is 9.95. The van der Waals surface area contributed by atoms with E-state index in [1.165, 1.54) is 6.20 Å². The van der Waals surface area contributed by atoms with E-state index in [1.54, 1.807) is 17.0 Å². The van der Waals surface area contributed by atoms with Crippen molar-refractivity contribution in [3.63, 3.8) is 0 Å². The molecule has 0 unspecified atom stereocenters. The van der Waals surface area contributed by atoms with Crippen LogP contribution in [0.15, 0.2) is 29.2 Å². The van der Waals surface area contributed by atoms with Crippen molar-refractivity contribution in [3.8, 4) is 0 Å². The van der Waals surface area contributed by atoms with E-state index in [-0.39, 0.29) is 17.4 Å². The summed E-state index contributed by atoms with van der Waals surface area (Å²) in [5, 5.41) is 0. The minimum absolute atomic E-state index is 0.00709. The van der Waals surface area contributed by atoms with Crippen LogP contribution in [-0.2, 0) is 30.6 Å². The van der Waals surface area contributed by atoms with Gasteiger partial charge in [-0.3, -0.25) is 14.6 Å². The standard InChI is InChI=1S/C23H25F3N4O2/c1-14-6-22(32)30(11-15-2-3-15)19-13-29(12-18(14)19)21(31)7-16-9-28(10-16)17-4-5-27-20(8-17)23(24,25)26/h4-6,8,15-16H,2-3,7,9-13H2,1H3. The summed E-state index contributed by atoms with van der Waals surface area (Å²) in [6.07, 6.45) is -0.648. The third kappa shape index (κ3) is 4.00. The molecule has 1 amide bonds. The normalized spacial score (nSPS) is 18.6. The molecular weight excluding hydrogens is 421 g/mol. The van der Waals surface area contributed by atoms with Crippen LogP contribution in [0.4, 0.5) is 18.9 Å². The maximum Gasteiger partial charge on any atom is 0.433 e. The summed E-state index contributed by atoms with van der Waals surface area (Å²) < 4.78 is 40.5. The van der Waals surface area contributed by atoms with Crippen LogP contribution in [0.5, 0.6) is 0 Å². The zero-order valence-electron chi connectivity index (χ0n) is 17.9. The number of nitrogens with zero attached hydrogens (tertiary/aromatic N) is 4. The van der Waals surface area contributed by atoms with E-state index < -0.39 is 11.9 Å². The molecule has 1 aliphatic carbocycles. The number of carbonyl (C=O) groups is 1. The first-order valence-electron chi connectivity index (χ1n) is 11.0. The Hall–Kier alpha value is -2.84. The minimum atomic E-state index is -4.47. The van der Waals surface area contributed by atoms with Crippen LogP contribution in [0.2, 0.25) is 0 Å². The monoisotopic (exact) mass is 446 g/mol. The smallest absolute Gasteiger partial charge is 0.371 e. The number of alkyl halides is 3. The molecule has 2 aromatic heterocycles. The number of pyridine rings is 2. The Morgan fingerprint density at radius 3 is 2.59 bits per heavy atom. The van der Waals surface area contributed by atoms with Crippen molar-refractivity contribution < 1.29 is 18.0 Å². The number of amides is 1. The van der Waals surface area contributed by atoms with Gasteiger partial charge in [-0.15, -0.1) is 0 Å². The van der Waals surface area contributed by atoms with Crippen molar-refractivity contribution in [1.82, 2.24) is 14.5 Å². The Balaban J connectivity index is 1.21. The van der Waals surface area contributed by atoms with Gasteiger partial charge in [-0.1, -0.05) is 0 Å². The summed E-state index contributed by atoms with van der Waals surface area (Å²) in [6, 6.07) is 4.28. The fraction of sp³-hybridized carbons (Fsp3) is 0.522. The first-order valence-corrected chi connectivity index (χ1v) is 11.0. The predicted octanol–water partition coefficient (Wildman–Crippen LogP) is 3.35. The maximum absolute atomic E-state index is 12.9. The fourth-order valence-corrected chi connectivity index (χ4v) is 4.69. The van der Waals surface area contributed by atoms with E-state index >= 15 is 0 Å². The van der Waals surface area contributed by atoms with Gasteiger partial charge in [0.15, 0.2) is 0 Å². The van der Waals surface area contributed by atoms with Gasteiger partial charge in [0, 0.05) is 62.2 Å². The lowest BCUT2D eigenvalue weighted by Crippen LogP contribution is -2.48. The van der Waals surface area contributed by atoms with Crippen molar-refractivity contribution in [2.75, 3.05) is 18.0 Å². The average molecular weight is 446 g/mol. The van der Waals surface area contributed by atoms with Crippen LogP contribution in [0, 0.1) is 18.8 Å². The number of rotatable bonds is 5. The molecule has 0 radical (unpaired) electrons. The van der Waals surface area contributed by atoms with Gasteiger partial charge < -0.3 is 14.4 Å². The Morgan fingerprint density at radius 1 is 1.16 bits per heavy atom. The SMILES string of the molecule is Cc1cc(=O)n(CC2CC2)c2c1CN(C(=O)CC1CN(c3ccnc(C(F)(F)F)c3)C1)C2. The van der Waals surface area contributed by atoms with Gasteiger partial charge >= 0.3 is 6.18 Å². The first-order chi connectivity index (χ1) is 15.2. The summed E-state index contributed by atoms with van der Waals surface area (Å²) in [5.41, 5.74) is 2.54. The molecule has 2 fully saturated rings. The number of halogens is 3. The summed E-state index contributed by atoms with van der Waals surface area (Å²) >= 11 is 0. The lowest BCUT2D eigenvalue weighted by Gasteiger charge is -2.41. The highest BCUT2D eigenvalue weighted by molar-refractivity contribution is 5.77. The molecule has 2 aliphatic heterocycles. The predicted molar refractivity (Wildman–Crippen MR) is 112 cm³/mol. The van der Waals surface area contributed by atoms with E-state index in [0.29, 0.717) is 44.2 Å². The molecule has 4 heterocycles. The van der Waals surface area contributed by atoms with E-state index in [9.17, 15) is 22.8 Å². The summed E-state index contributed by atoms with van der Waals surface area (Å²) in [5.74, 6) is 0.695. The average Bonchev–Trinajstić information content (AvgIpc) is 3.41. The largest absolute Gasteiger partial charge is 0.433 e. The Morgan fingerprint density at radius 2 is 1.91 bits per heavy atom. The molecule has 6 nitrogen and oxygen atoms in total. The summed E-state index contributed by atoms with van der Waals surface area (Å²) in [6.45, 7) is 4.70. The first kappa shape index (κ1) is 21.0. The third-order valence-electron chi connectivity index (χ3n) is 6.76. The molecule has 3 aliphatic rings. The van der Waals surface area contributed by atoms with Crippen molar-refractivity contribution in [1.29, 1.82) is 0 Å². The number of hydrogen-bond donors (Lipinski definition) is 0. The molecule has 9 heteroatoms. The molecule has 0 bridgehead atoms. The summed E-state index contributed by atoms with van der Waals surface area (Å²) in [7, 11) is 0. The van der Waals surface area contributed by atoms with E-state index in [1.807, 2.05) is 16.4 Å². The van der Waals surface area contributed by atoms with Gasteiger partial charge in [0.25, 0.3) is 5.56 Å². The van der Waals surface area contributed by atoms with Gasteiger partial charge in [-0.05, 0) is 48.9 Å². The van der Waals surface area contributed by atoms with Crippen LogP contribution < -0.4 is 10.5 Å². The van der Waals surface area contributed by atoms with Crippen LogP contribution in [0.25, 0.3) is 0 Å². The number of hydrogen-bond acceptors (Lipinski definition) is 4. The number of carbonyl (C=O) groups excluding carboxylic acids is 1. The Kier molecular flexibility index (Phi) is 5.02. The second-order valence-corrected chi connectivity index (χ2v) is 9.27. The second-order valence-electron chi connectivity index (χ2n) is 9.27. The molecule has 32 heavy (non-hydrogen) atoms. The molecular formula is C23H25F3N4O2. The summed E-state index contributed by atoms with van der Waals surface area (Å²) in [4.78, 5) is 32.5. The lowest BCUT2D eigenvalue weighted by molar-refractivity contribution is -0.141. The highest BCUT2D eigenvalue weighted by Gasteiger charge is 2.36. The van der Waals surface area contributed by atoms with E-state index in [2.05, 4.69) is 4.98 Å². The number of aromatic nitrogens is 2. The van der Waals surface area contributed by atoms with Gasteiger partial charge in [0.2, 0.25) is 5.91 Å². The van der Waals surface area contributed by atoms with Gasteiger partial charge in [-0.25, -0.2) is 0 Å². The van der Waals surface area contributed by atoms with E-state index in [4.69, 9.17) is 0 Å². The molecule has 0 N–H and O–H groups in total. The van der Waals surface area contributed by atoms with Crippen LogP contribution in [-0.4, -0.2) is 33.4 Å². The number of fused-ring (bicyclic) bond motifs is 1. The highest BCUT2D eigenvalue weighted by atomic mass is 19.4. The van der Waals surface area contributed by atoms with Crippen LogP contribution >= 0.6 is 0 Å². The zero-order chi connectivity index (χ0) is 22.6. The topological polar surface area (TPSA) is 58.4 Å². The second kappa shape index (κ2) is 7.64. The van der Waals surface area contributed by atoms with Crippen molar-refractivity contribution in [2.24, 2.45) is 11.8 Å². The van der Waals surface area contributed by atoms with Crippen molar-refractivity contribution in [3.05, 3.63) is 57.3 Å². The quantitative estimate of drug-likeness (QED) is 0.707. The molecule has 0 atom stereocenters. The van der Waals surface area contributed by atoms with Gasteiger partial charge in [0.1, 0.15) is 5.69 Å². The van der Waals surface area contributed by atoms with Crippen LogP contribution in [0.1, 0.15) is 41.8 Å². The highest BCUT2D eigenvalue weighted by Crippen LogP contribution is 2.35. The Labute approximate surface area is 183 Å². The molecule has 0 aromatic carbocycles. The van der Waals surface area contributed by atoms with Gasteiger partial charge in [0.05, 0.1) is 6.54 Å². The van der Waals surface area contributed by atoms with Crippen molar-refractivity contribution in [2.45, 2.75) is 52.0 Å². The molecule has 0 spiro atoms. The van der Waals surface area contributed by atoms with E-state index in [0.717, 1.165) is 42.3 Å². The number of aryl methyl sites for hydroxylation is 1. The maximum atomic E-state index is 12.9. The molecule has 1 saturated carbocycles. The fourth-order valence-electron chi connectivity index (χ4n) is 4.69. The Bertz CT molecular complexity index is 1120. The molecule has 1 saturated heterocycles. The minimum Gasteiger partial charge on any atom is -0.371 e. The number of anilines is 1. The molecule has 5 rings (SSSR count). The van der Waals surface area contributed by atoms with Crippen LogP contribution in [0.3, 0.4) is 0 Å². The van der Waals surface area contributed by atoms with Gasteiger partial charge in [-0.2, -0.15) is 13.2 Å². The molecule has 2 aromatic rings. The zero-order valence-corrected chi connectivity index (χ0v) is 17.9.